The van der Waals surface area contributed by atoms with Gasteiger partial charge in [-0.05, 0) is 43.5 Å². The number of pyridine rings is 1. The van der Waals surface area contributed by atoms with Gasteiger partial charge in [-0.25, -0.2) is 0 Å². The summed E-state index contributed by atoms with van der Waals surface area (Å²) in [4.78, 5) is 6.73. The van der Waals surface area contributed by atoms with E-state index in [2.05, 4.69) is 21.2 Å². The number of rotatable bonds is 3. The lowest BCUT2D eigenvalue weighted by molar-refractivity contribution is 0.202. The molecule has 4 nitrogen and oxygen atoms in total. The Labute approximate surface area is 134 Å². The molecule has 0 amide bonds. The Hall–Kier alpha value is -1.10. The van der Waals surface area contributed by atoms with Crippen LogP contribution in [0.15, 0.2) is 24.7 Å². The van der Waals surface area contributed by atoms with Crippen LogP contribution in [-0.2, 0) is 13.6 Å². The SMILES string of the molecule is Cn1cc(C2CCN(Cc3nccc(Cl)c3Cl)CC2)cn1. The average Bonchev–Trinajstić information content (AvgIpc) is 2.91. The van der Waals surface area contributed by atoms with Crippen molar-refractivity contribution in [1.82, 2.24) is 19.7 Å². The normalized spacial score (nSPS) is 17.3. The molecule has 0 N–H and O–H groups in total. The predicted molar refractivity (Wildman–Crippen MR) is 84.7 cm³/mol. The number of hydrogen-bond donors (Lipinski definition) is 0. The summed E-state index contributed by atoms with van der Waals surface area (Å²) >= 11 is 12.2. The largest absolute Gasteiger partial charge is 0.297 e. The Morgan fingerprint density at radius 1 is 1.29 bits per heavy atom. The van der Waals surface area contributed by atoms with E-state index in [1.807, 2.05) is 17.9 Å². The Morgan fingerprint density at radius 3 is 2.71 bits per heavy atom. The zero-order valence-corrected chi connectivity index (χ0v) is 13.5. The van der Waals surface area contributed by atoms with Crippen molar-refractivity contribution >= 4 is 23.2 Å². The van der Waals surface area contributed by atoms with Crippen LogP contribution < -0.4 is 0 Å². The van der Waals surface area contributed by atoms with Crippen molar-refractivity contribution in [3.8, 4) is 0 Å². The number of halogens is 2. The van der Waals surface area contributed by atoms with Crippen LogP contribution in [0.1, 0.15) is 30.0 Å². The number of likely N-dealkylation sites (tertiary alicyclic amines) is 1. The maximum Gasteiger partial charge on any atom is 0.0821 e. The first-order valence-electron chi connectivity index (χ1n) is 7.13. The second-order valence-corrected chi connectivity index (χ2v) is 6.34. The van der Waals surface area contributed by atoms with Crippen molar-refractivity contribution in [1.29, 1.82) is 0 Å². The lowest BCUT2D eigenvalue weighted by Crippen LogP contribution is -2.32. The van der Waals surface area contributed by atoms with Gasteiger partial charge < -0.3 is 0 Å². The van der Waals surface area contributed by atoms with Gasteiger partial charge in [-0.3, -0.25) is 14.6 Å². The van der Waals surface area contributed by atoms with Gasteiger partial charge in [0, 0.05) is 26.0 Å². The Bertz CT molecular complexity index is 618. The van der Waals surface area contributed by atoms with Crippen LogP contribution in [0.25, 0.3) is 0 Å². The molecule has 0 aliphatic carbocycles. The van der Waals surface area contributed by atoms with Crippen LogP contribution in [0.2, 0.25) is 10.0 Å². The molecular formula is C15H18Cl2N4. The first kappa shape index (κ1) is 14.8. The molecular weight excluding hydrogens is 307 g/mol. The second kappa shape index (κ2) is 6.34. The van der Waals surface area contributed by atoms with Gasteiger partial charge in [-0.2, -0.15) is 5.10 Å². The van der Waals surface area contributed by atoms with E-state index in [0.29, 0.717) is 16.0 Å². The summed E-state index contributed by atoms with van der Waals surface area (Å²) in [6.45, 7) is 2.85. The number of aryl methyl sites for hydroxylation is 1. The number of hydrogen-bond acceptors (Lipinski definition) is 3. The summed E-state index contributed by atoms with van der Waals surface area (Å²) in [5.74, 6) is 0.609. The highest BCUT2D eigenvalue weighted by atomic mass is 35.5. The maximum absolute atomic E-state index is 6.21. The molecule has 3 rings (SSSR count). The molecule has 0 unspecified atom stereocenters. The number of nitrogens with zero attached hydrogens (tertiary/aromatic N) is 4. The smallest absolute Gasteiger partial charge is 0.0821 e. The number of piperidine rings is 1. The number of aromatic nitrogens is 3. The van der Waals surface area contributed by atoms with Crippen LogP contribution in [0.3, 0.4) is 0 Å². The minimum atomic E-state index is 0.576. The van der Waals surface area contributed by atoms with Crippen LogP contribution in [0, 0.1) is 0 Å². The van der Waals surface area contributed by atoms with Crippen molar-refractivity contribution in [3.63, 3.8) is 0 Å². The molecule has 0 aromatic carbocycles. The van der Waals surface area contributed by atoms with E-state index in [0.717, 1.165) is 38.2 Å². The molecule has 0 radical (unpaired) electrons. The van der Waals surface area contributed by atoms with Crippen LogP contribution in [0.4, 0.5) is 0 Å². The Morgan fingerprint density at radius 2 is 2.05 bits per heavy atom. The quantitative estimate of drug-likeness (QED) is 0.866. The van der Waals surface area contributed by atoms with E-state index in [4.69, 9.17) is 23.2 Å². The summed E-state index contributed by atoms with van der Waals surface area (Å²) in [5.41, 5.74) is 2.21. The fourth-order valence-corrected chi connectivity index (χ4v) is 3.19. The van der Waals surface area contributed by atoms with E-state index in [1.165, 1.54) is 5.56 Å². The Kier molecular flexibility index (Phi) is 4.48. The molecule has 0 saturated carbocycles. The average molecular weight is 325 g/mol. The van der Waals surface area contributed by atoms with Gasteiger partial charge >= 0.3 is 0 Å². The molecule has 6 heteroatoms. The molecule has 21 heavy (non-hydrogen) atoms. The van der Waals surface area contributed by atoms with Gasteiger partial charge in [-0.1, -0.05) is 23.2 Å². The molecule has 1 saturated heterocycles. The van der Waals surface area contributed by atoms with Gasteiger partial charge in [0.05, 0.1) is 21.9 Å². The zero-order chi connectivity index (χ0) is 14.8. The third-order valence-corrected chi connectivity index (χ3v) is 4.90. The molecule has 112 valence electrons. The van der Waals surface area contributed by atoms with Crippen molar-refractivity contribution in [2.24, 2.45) is 7.05 Å². The molecule has 2 aromatic heterocycles. The van der Waals surface area contributed by atoms with E-state index in [-0.39, 0.29) is 0 Å². The van der Waals surface area contributed by atoms with Gasteiger partial charge in [-0.15, -0.1) is 0 Å². The fraction of sp³-hybridized carbons (Fsp3) is 0.467. The van der Waals surface area contributed by atoms with Crippen LogP contribution >= 0.6 is 23.2 Å². The first-order chi connectivity index (χ1) is 10.1. The third kappa shape index (κ3) is 3.39. The van der Waals surface area contributed by atoms with Gasteiger partial charge in [0.25, 0.3) is 0 Å². The summed E-state index contributed by atoms with van der Waals surface area (Å²) in [6, 6.07) is 1.72. The van der Waals surface area contributed by atoms with E-state index < -0.39 is 0 Å². The van der Waals surface area contributed by atoms with Gasteiger partial charge in [0.15, 0.2) is 0 Å². The molecule has 3 heterocycles. The standard InChI is InChI=1S/C15H18Cl2N4/c1-20-9-12(8-19-20)11-3-6-21(7-4-11)10-14-15(17)13(16)2-5-18-14/h2,5,8-9,11H,3-4,6-7,10H2,1H3. The van der Waals surface area contributed by atoms with E-state index in [1.54, 1.807) is 12.3 Å². The summed E-state index contributed by atoms with van der Waals surface area (Å²) in [7, 11) is 1.96. The topological polar surface area (TPSA) is 34.0 Å². The summed E-state index contributed by atoms with van der Waals surface area (Å²) in [5, 5.41) is 5.41. The van der Waals surface area contributed by atoms with E-state index in [9.17, 15) is 0 Å². The molecule has 0 bridgehead atoms. The minimum absolute atomic E-state index is 0.576. The monoisotopic (exact) mass is 324 g/mol. The van der Waals surface area contributed by atoms with E-state index >= 15 is 0 Å². The second-order valence-electron chi connectivity index (χ2n) is 5.55. The molecule has 1 fully saturated rings. The highest BCUT2D eigenvalue weighted by Crippen LogP contribution is 2.30. The molecule has 1 aliphatic heterocycles. The lowest BCUT2D eigenvalue weighted by atomic mass is 9.91. The maximum atomic E-state index is 6.21. The zero-order valence-electron chi connectivity index (χ0n) is 12.0. The van der Waals surface area contributed by atoms with Crippen molar-refractivity contribution < 1.29 is 0 Å². The highest BCUT2D eigenvalue weighted by molar-refractivity contribution is 6.42. The summed E-state index contributed by atoms with van der Waals surface area (Å²) < 4.78 is 1.87. The molecule has 0 atom stereocenters. The first-order valence-corrected chi connectivity index (χ1v) is 7.89. The fourth-order valence-electron chi connectivity index (χ4n) is 2.86. The highest BCUT2D eigenvalue weighted by Gasteiger charge is 2.22. The minimum Gasteiger partial charge on any atom is -0.297 e. The van der Waals surface area contributed by atoms with Crippen molar-refractivity contribution in [2.45, 2.75) is 25.3 Å². The lowest BCUT2D eigenvalue weighted by Gasteiger charge is -2.31. The van der Waals surface area contributed by atoms with Gasteiger partial charge in [0.2, 0.25) is 0 Å². The summed E-state index contributed by atoms with van der Waals surface area (Å²) in [6.07, 6.45) is 8.10. The molecule has 2 aromatic rings. The Balaban J connectivity index is 1.60. The third-order valence-electron chi connectivity index (χ3n) is 4.07. The molecule has 0 spiro atoms. The van der Waals surface area contributed by atoms with Crippen LogP contribution in [0.5, 0.6) is 0 Å². The van der Waals surface area contributed by atoms with Crippen LogP contribution in [-0.4, -0.2) is 32.8 Å². The van der Waals surface area contributed by atoms with Crippen molar-refractivity contribution in [3.05, 3.63) is 46.0 Å². The van der Waals surface area contributed by atoms with Crippen molar-refractivity contribution in [2.75, 3.05) is 13.1 Å². The van der Waals surface area contributed by atoms with Gasteiger partial charge in [0.1, 0.15) is 0 Å². The predicted octanol–water partition coefficient (Wildman–Crippen LogP) is 3.50. The molecule has 1 aliphatic rings.